The summed E-state index contributed by atoms with van der Waals surface area (Å²) in [6.07, 6.45) is 4.51. The predicted molar refractivity (Wildman–Crippen MR) is 82.9 cm³/mol. The summed E-state index contributed by atoms with van der Waals surface area (Å²) in [5, 5.41) is 0.289. The number of aromatic nitrogens is 2. The van der Waals surface area contributed by atoms with Crippen molar-refractivity contribution in [3.63, 3.8) is 0 Å². The summed E-state index contributed by atoms with van der Waals surface area (Å²) in [4.78, 5) is 31.5. The van der Waals surface area contributed by atoms with Crippen LogP contribution in [0.1, 0.15) is 49.2 Å². The van der Waals surface area contributed by atoms with Gasteiger partial charge in [-0.25, -0.2) is 4.98 Å². The van der Waals surface area contributed by atoms with Crippen LogP contribution >= 0.6 is 0 Å². The number of fused-ring (bicyclic) bond motifs is 1. The van der Waals surface area contributed by atoms with Crippen molar-refractivity contribution in [1.82, 2.24) is 14.5 Å². The normalized spacial score (nSPS) is 22.3. The molecule has 0 spiro atoms. The van der Waals surface area contributed by atoms with E-state index >= 15 is 0 Å². The van der Waals surface area contributed by atoms with Crippen molar-refractivity contribution >= 4 is 17.0 Å². The summed E-state index contributed by atoms with van der Waals surface area (Å²) in [5.41, 5.74) is 0.355. The van der Waals surface area contributed by atoms with Crippen LogP contribution in [-0.4, -0.2) is 32.4 Å². The van der Waals surface area contributed by atoms with Crippen molar-refractivity contribution < 1.29 is 9.21 Å². The van der Waals surface area contributed by atoms with E-state index in [1.54, 1.807) is 14.0 Å². The van der Waals surface area contributed by atoms with Gasteiger partial charge in [0.05, 0.1) is 5.56 Å². The van der Waals surface area contributed by atoms with Crippen LogP contribution < -0.4 is 5.56 Å². The molecule has 2 unspecified atom stereocenters. The Kier molecular flexibility index (Phi) is 3.54. The second-order valence-corrected chi connectivity index (χ2v) is 6.22. The molecular weight excluding hydrogens is 282 g/mol. The summed E-state index contributed by atoms with van der Waals surface area (Å²) in [6, 6.07) is 0.335. The van der Waals surface area contributed by atoms with E-state index in [4.69, 9.17) is 4.42 Å². The lowest BCUT2D eigenvalue weighted by Crippen LogP contribution is -2.47. The minimum atomic E-state index is -0.248. The first-order valence-electron chi connectivity index (χ1n) is 7.69. The molecule has 3 rings (SSSR count). The third kappa shape index (κ3) is 2.14. The molecule has 0 aliphatic carbocycles. The molecule has 1 aliphatic rings. The van der Waals surface area contributed by atoms with Gasteiger partial charge in [-0.2, -0.15) is 0 Å². The summed E-state index contributed by atoms with van der Waals surface area (Å²) in [7, 11) is 1.62. The van der Waals surface area contributed by atoms with Gasteiger partial charge in [-0.05, 0) is 40.0 Å². The van der Waals surface area contributed by atoms with Gasteiger partial charge in [0.15, 0.2) is 0 Å². The maximum atomic E-state index is 13.1. The van der Waals surface area contributed by atoms with Crippen LogP contribution in [0.4, 0.5) is 0 Å². The molecule has 1 fully saturated rings. The topological polar surface area (TPSA) is 68.3 Å². The third-order valence-electron chi connectivity index (χ3n) is 4.59. The smallest absolute Gasteiger partial charge is 0.265 e. The molecule has 2 atom stereocenters. The monoisotopic (exact) mass is 303 g/mol. The molecule has 0 bridgehead atoms. The molecule has 22 heavy (non-hydrogen) atoms. The average molecular weight is 303 g/mol. The number of carbonyl (C=O) groups excluding carboxylic acids is 1. The van der Waals surface area contributed by atoms with Crippen LogP contribution in [0, 0.1) is 6.92 Å². The molecule has 2 aromatic rings. The molecule has 1 saturated heterocycles. The number of carbonyl (C=O) groups is 1. The number of amides is 1. The van der Waals surface area contributed by atoms with E-state index in [0.29, 0.717) is 11.3 Å². The Balaban J connectivity index is 2.17. The van der Waals surface area contributed by atoms with Gasteiger partial charge in [0.25, 0.3) is 11.5 Å². The minimum Gasteiger partial charge on any atom is -0.442 e. The van der Waals surface area contributed by atoms with Crippen LogP contribution in [0.25, 0.3) is 11.1 Å². The fourth-order valence-electron chi connectivity index (χ4n) is 3.40. The summed E-state index contributed by atoms with van der Waals surface area (Å²) < 4.78 is 6.92. The van der Waals surface area contributed by atoms with Crippen LogP contribution in [0.3, 0.4) is 0 Å². The molecular formula is C16H21N3O3. The zero-order valence-electron chi connectivity index (χ0n) is 13.4. The highest BCUT2D eigenvalue weighted by Gasteiger charge is 2.33. The summed E-state index contributed by atoms with van der Waals surface area (Å²) in [6.45, 7) is 5.83. The fourth-order valence-corrected chi connectivity index (χ4v) is 3.40. The Labute approximate surface area is 128 Å². The maximum Gasteiger partial charge on any atom is 0.265 e. The largest absolute Gasteiger partial charge is 0.442 e. The second kappa shape index (κ2) is 5.26. The Morgan fingerprint density at radius 2 is 1.95 bits per heavy atom. The van der Waals surface area contributed by atoms with Crippen molar-refractivity contribution in [3.8, 4) is 0 Å². The first-order chi connectivity index (χ1) is 10.4. The van der Waals surface area contributed by atoms with E-state index < -0.39 is 0 Å². The molecule has 1 amide bonds. The molecule has 6 heteroatoms. The Morgan fingerprint density at radius 3 is 2.59 bits per heavy atom. The van der Waals surface area contributed by atoms with Crippen molar-refractivity contribution in [1.29, 1.82) is 0 Å². The van der Waals surface area contributed by atoms with Gasteiger partial charge in [-0.15, -0.1) is 0 Å². The number of furan rings is 1. The number of hydrogen-bond donors (Lipinski definition) is 0. The average Bonchev–Trinajstić information content (AvgIpc) is 2.79. The van der Waals surface area contributed by atoms with E-state index in [0.717, 1.165) is 19.3 Å². The Morgan fingerprint density at radius 1 is 1.32 bits per heavy atom. The lowest BCUT2D eigenvalue weighted by atomic mass is 9.96. The van der Waals surface area contributed by atoms with E-state index in [-0.39, 0.29) is 34.6 Å². The molecule has 0 N–H and O–H groups in total. The van der Waals surface area contributed by atoms with E-state index in [2.05, 4.69) is 18.8 Å². The molecule has 3 heterocycles. The maximum absolute atomic E-state index is 13.1. The summed E-state index contributed by atoms with van der Waals surface area (Å²) in [5.74, 6) is 0.335. The zero-order chi connectivity index (χ0) is 16.0. The molecule has 6 nitrogen and oxygen atoms in total. The lowest BCUT2D eigenvalue weighted by Gasteiger charge is -2.39. The molecule has 0 radical (unpaired) electrons. The van der Waals surface area contributed by atoms with E-state index in [9.17, 15) is 9.59 Å². The van der Waals surface area contributed by atoms with E-state index in [1.165, 1.54) is 10.9 Å². The first-order valence-corrected chi connectivity index (χ1v) is 7.69. The highest BCUT2D eigenvalue weighted by Crippen LogP contribution is 2.28. The lowest BCUT2D eigenvalue weighted by molar-refractivity contribution is 0.0510. The Hall–Kier alpha value is -2.11. The van der Waals surface area contributed by atoms with Crippen LogP contribution in [-0.2, 0) is 7.05 Å². The van der Waals surface area contributed by atoms with Gasteiger partial charge in [-0.1, -0.05) is 0 Å². The van der Waals surface area contributed by atoms with Gasteiger partial charge in [-0.3, -0.25) is 9.59 Å². The molecule has 2 aromatic heterocycles. The quantitative estimate of drug-likeness (QED) is 0.810. The number of rotatable bonds is 1. The summed E-state index contributed by atoms with van der Waals surface area (Å²) >= 11 is 0. The number of piperidine rings is 1. The van der Waals surface area contributed by atoms with Crippen LogP contribution in [0.5, 0.6) is 0 Å². The van der Waals surface area contributed by atoms with E-state index in [1.807, 2.05) is 4.90 Å². The Bertz CT molecular complexity index is 780. The third-order valence-corrected chi connectivity index (χ3v) is 4.59. The van der Waals surface area contributed by atoms with Crippen molar-refractivity contribution in [3.05, 3.63) is 28.0 Å². The van der Waals surface area contributed by atoms with Gasteiger partial charge >= 0.3 is 0 Å². The number of likely N-dealkylation sites (tertiary alicyclic amines) is 1. The zero-order valence-corrected chi connectivity index (χ0v) is 13.4. The van der Waals surface area contributed by atoms with Gasteiger partial charge in [0.1, 0.15) is 17.5 Å². The standard InChI is InChI=1S/C16H21N3O3/c1-9-6-5-7-10(2)19(9)16(21)12-11(3)22-14-13(12)15(20)18(4)8-17-14/h8-10H,5-7H2,1-4H3. The molecule has 118 valence electrons. The molecule has 0 aromatic carbocycles. The fraction of sp³-hybridized carbons (Fsp3) is 0.562. The molecule has 1 aliphatic heterocycles. The number of aryl methyl sites for hydroxylation is 2. The van der Waals surface area contributed by atoms with Crippen LogP contribution in [0.15, 0.2) is 15.5 Å². The second-order valence-electron chi connectivity index (χ2n) is 6.22. The van der Waals surface area contributed by atoms with Gasteiger partial charge in [0.2, 0.25) is 5.71 Å². The van der Waals surface area contributed by atoms with Crippen molar-refractivity contribution in [2.24, 2.45) is 7.05 Å². The number of hydrogen-bond acceptors (Lipinski definition) is 4. The number of nitrogens with zero attached hydrogens (tertiary/aromatic N) is 3. The highest BCUT2D eigenvalue weighted by molar-refractivity contribution is 6.06. The molecule has 0 saturated carbocycles. The SMILES string of the molecule is Cc1oc2ncn(C)c(=O)c2c1C(=O)N1C(C)CCCC1C. The van der Waals surface area contributed by atoms with Crippen molar-refractivity contribution in [2.75, 3.05) is 0 Å². The first kappa shape index (κ1) is 14.8. The predicted octanol–water partition coefficient (Wildman–Crippen LogP) is 2.24. The van der Waals surface area contributed by atoms with Crippen LogP contribution in [0.2, 0.25) is 0 Å². The highest BCUT2D eigenvalue weighted by atomic mass is 16.3. The van der Waals surface area contributed by atoms with Gasteiger partial charge in [0, 0.05) is 19.1 Å². The van der Waals surface area contributed by atoms with Crippen molar-refractivity contribution in [2.45, 2.75) is 52.1 Å². The minimum absolute atomic E-state index is 0.124. The van der Waals surface area contributed by atoms with Gasteiger partial charge < -0.3 is 13.9 Å².